The summed E-state index contributed by atoms with van der Waals surface area (Å²) in [5, 5.41) is 2.06. The topological polar surface area (TPSA) is 33.5 Å². The van der Waals surface area contributed by atoms with E-state index < -0.39 is 6.04 Å². The Morgan fingerprint density at radius 2 is 1.19 bits per heavy atom. The average Bonchev–Trinajstić information content (AvgIpc) is 3.94. The molecule has 0 bridgehead atoms. The number of aromatic nitrogens is 2. The van der Waals surface area contributed by atoms with Crippen LogP contribution >= 0.6 is 0 Å². The summed E-state index contributed by atoms with van der Waals surface area (Å²) >= 11 is 0. The van der Waals surface area contributed by atoms with Crippen LogP contribution in [0.15, 0.2) is 188 Å². The third kappa shape index (κ3) is 8.19. The van der Waals surface area contributed by atoms with Crippen molar-refractivity contribution in [1.29, 1.82) is 0 Å². The first-order valence-corrected chi connectivity index (χ1v) is 24.1. The van der Waals surface area contributed by atoms with Crippen LogP contribution in [0.1, 0.15) is 76.2 Å². The molecule has 1 aliphatic rings. The minimum atomic E-state index is -0.427. The number of anilines is 4. The SMILES string of the molecule is [2H]c1c([2H])c([2H])c(-c2cnc(-n3c4ccc(-c5c(C)cccc5C)cc4c4ccc(Oc5cccc(N6CN(c7cc(C(C)(C)C)cc(C(C)(C)C)c7)c7ccc(-c8ccccc8)cc76)c5)cc43)cc2C)c([2H])c1[2H]. The first kappa shape index (κ1) is 39.0. The van der Waals surface area contributed by atoms with E-state index in [0.29, 0.717) is 29.5 Å². The zero-order chi connectivity index (χ0) is 52.8. The number of ether oxygens (including phenoxy) is 1. The predicted octanol–water partition coefficient (Wildman–Crippen LogP) is 17.7. The summed E-state index contributed by atoms with van der Waals surface area (Å²) in [7, 11) is 0. The second kappa shape index (κ2) is 17.3. The van der Waals surface area contributed by atoms with Gasteiger partial charge in [-0.3, -0.25) is 4.57 Å². The number of hydrogen-bond acceptors (Lipinski definition) is 4. The van der Waals surface area contributed by atoms with E-state index in [1.165, 1.54) is 27.8 Å². The van der Waals surface area contributed by atoms with Crippen LogP contribution in [-0.2, 0) is 10.8 Å². The Balaban J connectivity index is 1.01. The molecule has 1 aliphatic heterocycles. The lowest BCUT2D eigenvalue weighted by molar-refractivity contribution is 0.483. The lowest BCUT2D eigenvalue weighted by Gasteiger charge is -2.29. The van der Waals surface area contributed by atoms with Gasteiger partial charge in [0.2, 0.25) is 0 Å². The summed E-state index contributed by atoms with van der Waals surface area (Å²) < 4.78 is 51.4. The highest BCUT2D eigenvalue weighted by Crippen LogP contribution is 2.48. The van der Waals surface area contributed by atoms with E-state index in [1.54, 1.807) is 6.20 Å². The molecule has 0 fully saturated rings. The first-order chi connectivity index (χ1) is 35.7. The van der Waals surface area contributed by atoms with E-state index in [4.69, 9.17) is 16.6 Å². The molecule has 5 heteroatoms. The Morgan fingerprint density at radius 1 is 0.500 bits per heavy atom. The van der Waals surface area contributed by atoms with Crippen LogP contribution in [0.3, 0.4) is 0 Å². The highest BCUT2D eigenvalue weighted by atomic mass is 16.5. The number of fused-ring (bicyclic) bond motifs is 4. The molecule has 0 amide bonds. The van der Waals surface area contributed by atoms with Crippen molar-refractivity contribution in [2.24, 2.45) is 0 Å². The third-order valence-corrected chi connectivity index (χ3v) is 13.9. The minimum Gasteiger partial charge on any atom is -0.457 e. The smallest absolute Gasteiger partial charge is 0.137 e. The molecular weight excluding hydrogens is 853 g/mol. The maximum Gasteiger partial charge on any atom is 0.137 e. The number of pyridine rings is 1. The van der Waals surface area contributed by atoms with Gasteiger partial charge in [-0.15, -0.1) is 0 Å². The van der Waals surface area contributed by atoms with Crippen LogP contribution in [0, 0.1) is 20.8 Å². The maximum atomic E-state index is 8.72. The van der Waals surface area contributed by atoms with E-state index in [-0.39, 0.29) is 40.6 Å². The summed E-state index contributed by atoms with van der Waals surface area (Å²) in [6, 6.07) is 52.1. The van der Waals surface area contributed by atoms with Crippen molar-refractivity contribution >= 4 is 44.6 Å². The quantitative estimate of drug-likeness (QED) is 0.152. The zero-order valence-electron chi connectivity index (χ0n) is 46.4. The predicted molar refractivity (Wildman–Crippen MR) is 295 cm³/mol. The molecule has 2 aromatic heterocycles. The molecule has 8 aromatic carbocycles. The van der Waals surface area contributed by atoms with E-state index in [0.717, 1.165) is 66.8 Å². The summed E-state index contributed by atoms with van der Waals surface area (Å²) in [5.41, 5.74) is 17.1. The van der Waals surface area contributed by atoms with E-state index >= 15 is 0 Å². The second-order valence-electron chi connectivity index (χ2n) is 20.8. The standard InChI is InChI=1S/C65H60N4O/c1-42-18-16-19-43(2)63(42)48-27-30-58-56(33-48)55-29-28-54(39-60(55)69(58)62-32-44(3)57(40-66-62)46-22-14-11-15-23-46)70-53-25-17-24-51(38-53)67-41-68(52-36-49(64(4,5)6)35-50(37-52)65(7,8)9)59-31-26-47(34-61(59)67)45-20-12-10-13-21-45/h10-40H,41H2,1-9H3/i11D,14D,15D,22D,23D. The Labute approximate surface area is 420 Å². The summed E-state index contributed by atoms with van der Waals surface area (Å²) in [4.78, 5) is 9.80. The van der Waals surface area contributed by atoms with Crippen LogP contribution in [-0.4, -0.2) is 16.2 Å². The largest absolute Gasteiger partial charge is 0.457 e. The molecule has 0 aliphatic carbocycles. The van der Waals surface area contributed by atoms with Crippen LogP contribution in [0.2, 0.25) is 0 Å². The van der Waals surface area contributed by atoms with Crippen LogP contribution in [0.25, 0.3) is 61.0 Å². The molecule has 0 saturated heterocycles. The fourth-order valence-electron chi connectivity index (χ4n) is 10.0. The van der Waals surface area contributed by atoms with Gasteiger partial charge in [0, 0.05) is 46.0 Å². The zero-order valence-corrected chi connectivity index (χ0v) is 41.4. The molecule has 0 radical (unpaired) electrons. The fraction of sp³-hybridized carbons (Fsp3) is 0.185. The molecule has 0 N–H and O–H groups in total. The molecule has 11 rings (SSSR count). The Bertz CT molecular complexity index is 3840. The lowest BCUT2D eigenvalue weighted by Crippen LogP contribution is -2.25. The number of hydrogen-bond donors (Lipinski definition) is 0. The number of nitrogens with zero attached hydrogens (tertiary/aromatic N) is 4. The van der Waals surface area contributed by atoms with Gasteiger partial charge in [-0.25, -0.2) is 4.98 Å². The maximum absolute atomic E-state index is 8.72. The van der Waals surface area contributed by atoms with Gasteiger partial charge in [0.15, 0.2) is 0 Å². The molecule has 0 saturated carbocycles. The Hall–Kier alpha value is -7.89. The summed E-state index contributed by atoms with van der Waals surface area (Å²) in [6.07, 6.45) is 1.62. The normalized spacial score (nSPS) is 13.8. The first-order valence-electron chi connectivity index (χ1n) is 26.6. The summed E-state index contributed by atoms with van der Waals surface area (Å²) in [6.45, 7) is 20.5. The minimum absolute atomic E-state index is 0.0423. The van der Waals surface area contributed by atoms with Crippen molar-refractivity contribution < 1.29 is 11.6 Å². The van der Waals surface area contributed by atoms with Crippen molar-refractivity contribution in [3.63, 3.8) is 0 Å². The van der Waals surface area contributed by atoms with Crippen molar-refractivity contribution in [2.45, 2.75) is 73.1 Å². The molecule has 5 nitrogen and oxygen atoms in total. The van der Waals surface area contributed by atoms with E-state index in [9.17, 15) is 0 Å². The van der Waals surface area contributed by atoms with Gasteiger partial charge in [-0.1, -0.05) is 145 Å². The van der Waals surface area contributed by atoms with Crippen molar-refractivity contribution in [3.05, 3.63) is 216 Å². The second-order valence-corrected chi connectivity index (χ2v) is 20.8. The van der Waals surface area contributed by atoms with Gasteiger partial charge >= 0.3 is 0 Å². The number of aryl methyl sites for hydroxylation is 3. The van der Waals surface area contributed by atoms with Crippen LogP contribution in [0.4, 0.5) is 22.7 Å². The Kier molecular flexibility index (Phi) is 9.62. The average molecular weight is 918 g/mol. The van der Waals surface area contributed by atoms with Gasteiger partial charge in [-0.05, 0) is 154 Å². The molecular formula is C65H60N4O. The van der Waals surface area contributed by atoms with Crippen LogP contribution < -0.4 is 14.5 Å². The van der Waals surface area contributed by atoms with Gasteiger partial charge in [0.05, 0.1) is 29.3 Å². The molecule has 0 spiro atoms. The van der Waals surface area contributed by atoms with Crippen molar-refractivity contribution in [3.8, 4) is 50.7 Å². The molecule has 10 aromatic rings. The highest BCUT2D eigenvalue weighted by Gasteiger charge is 2.31. The molecule has 0 unspecified atom stereocenters. The highest BCUT2D eigenvalue weighted by molar-refractivity contribution is 6.11. The van der Waals surface area contributed by atoms with Gasteiger partial charge in [0.25, 0.3) is 0 Å². The monoisotopic (exact) mass is 918 g/mol. The summed E-state index contributed by atoms with van der Waals surface area (Å²) in [5.74, 6) is 1.96. The van der Waals surface area contributed by atoms with Crippen molar-refractivity contribution in [1.82, 2.24) is 9.55 Å². The third-order valence-electron chi connectivity index (χ3n) is 13.9. The molecule has 3 heterocycles. The van der Waals surface area contributed by atoms with Crippen LogP contribution in [0.5, 0.6) is 11.5 Å². The van der Waals surface area contributed by atoms with Crippen molar-refractivity contribution in [2.75, 3.05) is 16.5 Å². The molecule has 346 valence electrons. The fourth-order valence-corrected chi connectivity index (χ4v) is 10.0. The lowest BCUT2D eigenvalue weighted by atomic mass is 9.80. The van der Waals surface area contributed by atoms with Gasteiger partial charge in [0.1, 0.15) is 24.0 Å². The van der Waals surface area contributed by atoms with E-state index in [2.05, 4.69) is 203 Å². The Morgan fingerprint density at radius 3 is 1.90 bits per heavy atom. The van der Waals surface area contributed by atoms with E-state index in [1.807, 2.05) is 25.1 Å². The molecule has 0 atom stereocenters. The van der Waals surface area contributed by atoms with Gasteiger partial charge < -0.3 is 14.5 Å². The van der Waals surface area contributed by atoms with Gasteiger partial charge in [-0.2, -0.15) is 0 Å². The number of benzene rings is 8. The molecule has 70 heavy (non-hydrogen) atoms. The number of rotatable bonds is 8.